The molecule has 1 fully saturated rings. The van der Waals surface area contributed by atoms with E-state index in [-0.39, 0.29) is 24.3 Å². The molecule has 1 amide bonds. The van der Waals surface area contributed by atoms with Crippen LogP contribution in [0.25, 0.3) is 0 Å². The van der Waals surface area contributed by atoms with Gasteiger partial charge in [-0.2, -0.15) is 10.1 Å². The van der Waals surface area contributed by atoms with Crippen molar-refractivity contribution in [3.8, 4) is 5.75 Å². The first-order chi connectivity index (χ1) is 17.8. The second-order valence-corrected chi connectivity index (χ2v) is 8.92. The number of halogens is 2. The van der Waals surface area contributed by atoms with E-state index in [2.05, 4.69) is 25.8 Å². The van der Waals surface area contributed by atoms with Gasteiger partial charge in [-0.05, 0) is 55.2 Å². The van der Waals surface area contributed by atoms with Gasteiger partial charge in [-0.1, -0.05) is 29.8 Å². The van der Waals surface area contributed by atoms with Crippen LogP contribution in [0.2, 0.25) is 5.02 Å². The Morgan fingerprint density at radius 3 is 2.76 bits per heavy atom. The van der Waals surface area contributed by atoms with Crippen LogP contribution in [0.5, 0.6) is 5.75 Å². The number of benzene rings is 2. The fourth-order valence-corrected chi connectivity index (χ4v) is 4.11. The maximum atomic E-state index is 14.2. The minimum atomic E-state index is -0.502. The molecule has 0 aliphatic carbocycles. The number of anilines is 3. The van der Waals surface area contributed by atoms with Crippen LogP contribution in [0.15, 0.2) is 41.6 Å². The lowest BCUT2D eigenvalue weighted by atomic mass is 10.1. The normalized spacial score (nSPS) is 13.6. The van der Waals surface area contributed by atoms with E-state index in [1.54, 1.807) is 6.21 Å². The zero-order valence-corrected chi connectivity index (χ0v) is 21.6. The molecular formula is C26H28ClFN6O3. The fraction of sp³-hybridized carbons (Fsp3) is 0.308. The van der Waals surface area contributed by atoms with Gasteiger partial charge in [-0.3, -0.25) is 4.79 Å². The smallest absolute Gasteiger partial charge is 0.262 e. The summed E-state index contributed by atoms with van der Waals surface area (Å²) in [4.78, 5) is 22.4. The van der Waals surface area contributed by atoms with Gasteiger partial charge in [0.15, 0.2) is 18.2 Å². The molecule has 1 saturated heterocycles. The van der Waals surface area contributed by atoms with E-state index in [4.69, 9.17) is 21.1 Å². The van der Waals surface area contributed by atoms with Gasteiger partial charge in [0, 0.05) is 18.8 Å². The Balaban J connectivity index is 1.41. The largest absolute Gasteiger partial charge is 0.482 e. The zero-order valence-electron chi connectivity index (χ0n) is 20.8. The number of hydrazone groups is 1. The van der Waals surface area contributed by atoms with Crippen LogP contribution < -0.4 is 20.4 Å². The Labute approximate surface area is 219 Å². The molecule has 0 spiro atoms. The molecule has 194 valence electrons. The molecule has 0 unspecified atom stereocenters. The number of aromatic nitrogens is 2. The lowest BCUT2D eigenvalue weighted by molar-refractivity contribution is -0.118. The summed E-state index contributed by atoms with van der Waals surface area (Å²) in [6.45, 7) is 7.53. The van der Waals surface area contributed by atoms with E-state index in [1.807, 2.05) is 56.0 Å². The number of nitrogens with zero attached hydrogens (tertiary/aromatic N) is 4. The molecule has 0 radical (unpaired) electrons. The van der Waals surface area contributed by atoms with Crippen LogP contribution in [0, 0.1) is 26.6 Å². The van der Waals surface area contributed by atoms with Crippen molar-refractivity contribution in [3.63, 3.8) is 0 Å². The summed E-state index contributed by atoms with van der Waals surface area (Å²) in [5, 5.41) is 7.42. The molecule has 1 aromatic heterocycles. The fourth-order valence-electron chi connectivity index (χ4n) is 3.79. The van der Waals surface area contributed by atoms with Crippen LogP contribution in [0.1, 0.15) is 22.3 Å². The average Bonchev–Trinajstić information content (AvgIpc) is 2.89. The number of rotatable bonds is 8. The third kappa shape index (κ3) is 6.52. The molecular weight excluding hydrogens is 499 g/mol. The minimum Gasteiger partial charge on any atom is -0.482 e. The maximum absolute atomic E-state index is 14.2. The number of ether oxygens (including phenoxy) is 2. The quantitative estimate of drug-likeness (QED) is 0.329. The van der Waals surface area contributed by atoms with Gasteiger partial charge < -0.3 is 19.7 Å². The second kappa shape index (κ2) is 12.0. The van der Waals surface area contributed by atoms with Crippen molar-refractivity contribution in [1.29, 1.82) is 0 Å². The van der Waals surface area contributed by atoms with Gasteiger partial charge in [-0.25, -0.2) is 14.8 Å². The van der Waals surface area contributed by atoms with Crippen LogP contribution in [-0.4, -0.2) is 55.0 Å². The summed E-state index contributed by atoms with van der Waals surface area (Å²) in [6, 6.07) is 9.36. The highest BCUT2D eigenvalue weighted by Gasteiger charge is 2.18. The number of carbonyl (C=O) groups excluding carboxylic acids is 1. The number of hydrogen-bond acceptors (Lipinski definition) is 8. The molecule has 9 nitrogen and oxygen atoms in total. The summed E-state index contributed by atoms with van der Waals surface area (Å²) < 4.78 is 25.3. The summed E-state index contributed by atoms with van der Waals surface area (Å²) in [5.74, 6) is 0.0188. The van der Waals surface area contributed by atoms with E-state index in [9.17, 15) is 9.18 Å². The van der Waals surface area contributed by atoms with Gasteiger partial charge in [0.2, 0.25) is 5.95 Å². The van der Waals surface area contributed by atoms with E-state index in [0.29, 0.717) is 37.1 Å². The van der Waals surface area contributed by atoms with Crippen molar-refractivity contribution in [3.05, 3.63) is 69.6 Å². The van der Waals surface area contributed by atoms with E-state index < -0.39 is 5.82 Å². The predicted molar refractivity (Wildman–Crippen MR) is 142 cm³/mol. The molecule has 1 aliphatic rings. The second-order valence-electron chi connectivity index (χ2n) is 8.54. The van der Waals surface area contributed by atoms with Crippen LogP contribution in [0.3, 0.4) is 0 Å². The third-order valence-corrected chi connectivity index (χ3v) is 6.32. The number of para-hydroxylation sites is 1. The molecule has 3 aromatic rings. The van der Waals surface area contributed by atoms with Gasteiger partial charge in [0.1, 0.15) is 5.75 Å². The van der Waals surface area contributed by atoms with Gasteiger partial charge in [0.05, 0.1) is 30.6 Å². The van der Waals surface area contributed by atoms with Crippen LogP contribution in [-0.2, 0) is 9.53 Å². The van der Waals surface area contributed by atoms with Crippen molar-refractivity contribution in [2.24, 2.45) is 5.10 Å². The van der Waals surface area contributed by atoms with Gasteiger partial charge >= 0.3 is 0 Å². The molecule has 0 saturated carbocycles. The summed E-state index contributed by atoms with van der Waals surface area (Å²) in [7, 11) is 0. The highest BCUT2D eigenvalue weighted by atomic mass is 35.5. The standard InChI is InChI=1S/C26H28ClFN6O3/c1-16-6-4-5-7-21(16)31-22(35)15-37-24-17(2)12-19(18(3)23(24)27)13-30-33-26-29-14-20(28)25(32-26)34-8-10-36-11-9-34/h4-7,12-14H,8-11,15H2,1-3H3,(H,31,35)(H,29,32,33)/b30-13-. The number of carbonyl (C=O) groups is 1. The molecule has 4 rings (SSSR count). The molecule has 1 aliphatic heterocycles. The topological polar surface area (TPSA) is 101 Å². The first-order valence-corrected chi connectivity index (χ1v) is 12.1. The molecule has 0 atom stereocenters. The predicted octanol–water partition coefficient (Wildman–Crippen LogP) is 4.49. The monoisotopic (exact) mass is 526 g/mol. The number of hydrogen-bond donors (Lipinski definition) is 2. The van der Waals surface area contributed by atoms with Gasteiger partial charge in [0.25, 0.3) is 5.91 Å². The Hall–Kier alpha value is -3.76. The number of nitrogens with one attached hydrogen (secondary N) is 2. The zero-order chi connectivity index (χ0) is 26.4. The molecule has 2 heterocycles. The first kappa shape index (κ1) is 26.3. The SMILES string of the molecule is Cc1ccccc1NC(=O)COc1c(C)cc(/C=N\Nc2ncc(F)c(N3CCOCC3)n2)c(C)c1Cl. The van der Waals surface area contributed by atoms with E-state index in [1.165, 1.54) is 0 Å². The van der Waals surface area contributed by atoms with Crippen LogP contribution in [0.4, 0.5) is 21.8 Å². The summed E-state index contributed by atoms with van der Waals surface area (Å²) >= 11 is 6.57. The number of amides is 1. The maximum Gasteiger partial charge on any atom is 0.262 e. The highest BCUT2D eigenvalue weighted by Crippen LogP contribution is 2.33. The first-order valence-electron chi connectivity index (χ1n) is 11.8. The van der Waals surface area contributed by atoms with Crippen molar-refractivity contribution < 1.29 is 18.7 Å². The molecule has 2 aromatic carbocycles. The van der Waals surface area contributed by atoms with Crippen molar-refractivity contribution in [2.45, 2.75) is 20.8 Å². The summed E-state index contributed by atoms with van der Waals surface area (Å²) in [6.07, 6.45) is 2.69. The number of aryl methyl sites for hydroxylation is 2. The average molecular weight is 527 g/mol. The number of morpholine rings is 1. The lowest BCUT2D eigenvalue weighted by Gasteiger charge is -2.27. The van der Waals surface area contributed by atoms with Crippen molar-refractivity contribution >= 4 is 41.2 Å². The Kier molecular flexibility index (Phi) is 8.52. The molecule has 2 N–H and O–H groups in total. The lowest BCUT2D eigenvalue weighted by Crippen LogP contribution is -2.37. The molecule has 11 heteroatoms. The van der Waals surface area contributed by atoms with E-state index in [0.717, 1.165) is 34.1 Å². The minimum absolute atomic E-state index is 0.166. The van der Waals surface area contributed by atoms with Crippen molar-refractivity contribution in [2.75, 3.05) is 48.6 Å². The molecule has 0 bridgehead atoms. The Morgan fingerprint density at radius 1 is 1.24 bits per heavy atom. The summed E-state index contributed by atoms with van der Waals surface area (Å²) in [5.41, 5.74) is 6.64. The van der Waals surface area contributed by atoms with Gasteiger partial charge in [-0.15, -0.1) is 0 Å². The van der Waals surface area contributed by atoms with Crippen LogP contribution >= 0.6 is 11.6 Å². The Bertz CT molecular complexity index is 1310. The third-order valence-electron chi connectivity index (χ3n) is 5.86. The Morgan fingerprint density at radius 2 is 2.00 bits per heavy atom. The van der Waals surface area contributed by atoms with Crippen molar-refractivity contribution in [1.82, 2.24) is 9.97 Å². The highest BCUT2D eigenvalue weighted by molar-refractivity contribution is 6.33. The van der Waals surface area contributed by atoms with E-state index >= 15 is 0 Å². The molecule has 37 heavy (non-hydrogen) atoms.